The zero-order valence-corrected chi connectivity index (χ0v) is 7.44. The van der Waals surface area contributed by atoms with Gasteiger partial charge in [0.25, 0.3) is 0 Å². The smallest absolute Gasteiger partial charge is 0.203 e. The van der Waals surface area contributed by atoms with E-state index >= 15 is 0 Å². The lowest BCUT2D eigenvalue weighted by molar-refractivity contribution is -0.144. The van der Waals surface area contributed by atoms with Crippen molar-refractivity contribution in [2.75, 3.05) is 0 Å². The molecule has 0 saturated heterocycles. The first kappa shape index (κ1) is 6.68. The average Bonchev–Trinajstić information content (AvgIpc) is 2.90. The Labute approximate surface area is 76.6 Å². The van der Waals surface area contributed by atoms with Gasteiger partial charge in [-0.2, -0.15) is 10.2 Å². The van der Waals surface area contributed by atoms with Crippen LogP contribution in [-0.4, -0.2) is 11.4 Å². The van der Waals surface area contributed by atoms with Gasteiger partial charge in [0.05, 0.1) is 5.92 Å². The Morgan fingerprint density at radius 1 is 1.15 bits per heavy atom. The Balaban J connectivity index is 1.83. The first-order valence-corrected chi connectivity index (χ1v) is 5.27. The van der Waals surface area contributed by atoms with Crippen LogP contribution in [0.25, 0.3) is 0 Å². The van der Waals surface area contributed by atoms with Gasteiger partial charge in [-0.15, -0.1) is 0 Å². The second-order valence-electron chi connectivity index (χ2n) is 5.14. The molecule has 13 heavy (non-hydrogen) atoms. The van der Waals surface area contributed by atoms with Crippen molar-refractivity contribution in [3.05, 3.63) is 0 Å². The number of carbonyl (C=O) groups excluding carboxylic acids is 1. The molecule has 0 unspecified atom stereocenters. The van der Waals surface area contributed by atoms with Gasteiger partial charge in [0, 0.05) is 11.8 Å². The van der Waals surface area contributed by atoms with Crippen LogP contribution in [0.3, 0.4) is 0 Å². The van der Waals surface area contributed by atoms with E-state index in [4.69, 9.17) is 0 Å². The highest BCUT2D eigenvalue weighted by atomic mass is 16.1. The van der Waals surface area contributed by atoms with Crippen LogP contribution in [0.2, 0.25) is 0 Å². The second kappa shape index (κ2) is 1.72. The molecule has 4 bridgehead atoms. The molecule has 4 atom stereocenters. The van der Waals surface area contributed by atoms with Gasteiger partial charge in [0.15, 0.2) is 0 Å². The molecule has 4 aliphatic carbocycles. The first-order chi connectivity index (χ1) is 6.29. The van der Waals surface area contributed by atoms with Crippen molar-refractivity contribution in [2.24, 2.45) is 33.9 Å². The number of hydrogen-bond donors (Lipinski definition) is 0. The minimum absolute atomic E-state index is 0.176. The Bertz CT molecular complexity index is 330. The van der Waals surface area contributed by atoms with Gasteiger partial charge < -0.3 is 0 Å². The standard InChI is InChI=1S/C10H12N2O/c13-9-6-1-5-2-7(4-6)10(11-12-10)8(9)3-5/h5-8H,1-4H2/t5-,6+,7-,8+/m0/s1. The summed E-state index contributed by atoms with van der Waals surface area (Å²) in [6.07, 6.45) is 4.62. The zero-order chi connectivity index (χ0) is 8.63. The third kappa shape index (κ3) is 0.597. The number of hydrogen-bond acceptors (Lipinski definition) is 3. The van der Waals surface area contributed by atoms with Crippen molar-refractivity contribution in [1.29, 1.82) is 0 Å². The molecular formula is C10H12N2O. The normalized spacial score (nSPS) is 53.4. The van der Waals surface area contributed by atoms with Crippen LogP contribution in [0.5, 0.6) is 0 Å². The molecule has 0 aromatic rings. The van der Waals surface area contributed by atoms with E-state index in [1.165, 1.54) is 12.8 Å². The van der Waals surface area contributed by atoms with Gasteiger partial charge in [-0.1, -0.05) is 0 Å². The second-order valence-corrected chi connectivity index (χ2v) is 5.14. The Morgan fingerprint density at radius 2 is 2.00 bits per heavy atom. The van der Waals surface area contributed by atoms with E-state index < -0.39 is 0 Å². The van der Waals surface area contributed by atoms with E-state index in [0.29, 0.717) is 17.6 Å². The fourth-order valence-electron chi connectivity index (χ4n) is 3.97. The fraction of sp³-hybridized carbons (Fsp3) is 0.900. The van der Waals surface area contributed by atoms with E-state index in [2.05, 4.69) is 10.2 Å². The molecule has 0 radical (unpaired) electrons. The molecule has 1 spiro atoms. The van der Waals surface area contributed by atoms with Crippen LogP contribution < -0.4 is 0 Å². The number of rotatable bonds is 0. The highest BCUT2D eigenvalue weighted by Gasteiger charge is 2.66. The maximum Gasteiger partial charge on any atom is 0.203 e. The van der Waals surface area contributed by atoms with E-state index in [-0.39, 0.29) is 11.6 Å². The lowest BCUT2D eigenvalue weighted by atomic mass is 9.52. The maximum atomic E-state index is 11.9. The lowest BCUT2D eigenvalue weighted by Crippen LogP contribution is -2.56. The lowest BCUT2D eigenvalue weighted by Gasteiger charge is -2.51. The topological polar surface area (TPSA) is 41.8 Å². The molecule has 3 nitrogen and oxygen atoms in total. The molecule has 0 aromatic heterocycles. The average molecular weight is 176 g/mol. The third-order valence-corrected chi connectivity index (χ3v) is 4.56. The molecule has 3 heteroatoms. The molecular weight excluding hydrogens is 164 g/mol. The van der Waals surface area contributed by atoms with Gasteiger partial charge in [0.1, 0.15) is 5.78 Å². The number of ketones is 1. The van der Waals surface area contributed by atoms with E-state index in [0.717, 1.165) is 18.8 Å². The SMILES string of the molecule is O=C1[C@@H]2C[C@H]3C[C@@H](C2)C2(N=N2)[C@@H]1C3. The molecule has 4 saturated carbocycles. The van der Waals surface area contributed by atoms with Crippen molar-refractivity contribution in [1.82, 2.24) is 0 Å². The summed E-state index contributed by atoms with van der Waals surface area (Å²) < 4.78 is 0. The van der Waals surface area contributed by atoms with Crippen LogP contribution >= 0.6 is 0 Å². The Hall–Kier alpha value is -0.730. The molecule has 0 N–H and O–H groups in total. The highest BCUT2D eigenvalue weighted by molar-refractivity contribution is 5.87. The third-order valence-electron chi connectivity index (χ3n) is 4.56. The largest absolute Gasteiger partial charge is 0.299 e. The molecule has 0 amide bonds. The molecule has 68 valence electrons. The Kier molecular flexibility index (Phi) is 0.886. The van der Waals surface area contributed by atoms with Crippen molar-refractivity contribution in [3.8, 4) is 0 Å². The highest BCUT2D eigenvalue weighted by Crippen LogP contribution is 2.62. The van der Waals surface area contributed by atoms with Gasteiger partial charge in [-0.05, 0) is 31.6 Å². The summed E-state index contributed by atoms with van der Waals surface area (Å²) in [6, 6.07) is 0. The minimum Gasteiger partial charge on any atom is -0.299 e. The van der Waals surface area contributed by atoms with Crippen molar-refractivity contribution < 1.29 is 4.79 Å². The van der Waals surface area contributed by atoms with Crippen LogP contribution in [0.1, 0.15) is 25.7 Å². The summed E-state index contributed by atoms with van der Waals surface area (Å²) in [5.74, 6) is 2.52. The summed E-state index contributed by atoms with van der Waals surface area (Å²) in [6.45, 7) is 0. The Morgan fingerprint density at radius 3 is 2.77 bits per heavy atom. The summed E-state index contributed by atoms with van der Waals surface area (Å²) >= 11 is 0. The van der Waals surface area contributed by atoms with Crippen LogP contribution in [0.15, 0.2) is 10.2 Å². The fourth-order valence-corrected chi connectivity index (χ4v) is 3.97. The minimum atomic E-state index is -0.176. The van der Waals surface area contributed by atoms with Gasteiger partial charge >= 0.3 is 0 Å². The number of Topliss-reactive ketones (excluding diaryl/α,β-unsaturated/α-hetero) is 1. The van der Waals surface area contributed by atoms with Crippen molar-refractivity contribution in [3.63, 3.8) is 0 Å². The van der Waals surface area contributed by atoms with Crippen LogP contribution in [-0.2, 0) is 4.79 Å². The van der Waals surface area contributed by atoms with Gasteiger partial charge in [0.2, 0.25) is 5.66 Å². The van der Waals surface area contributed by atoms with Crippen molar-refractivity contribution in [2.45, 2.75) is 31.3 Å². The zero-order valence-electron chi connectivity index (χ0n) is 7.44. The number of carbonyl (C=O) groups is 1. The molecule has 1 heterocycles. The van der Waals surface area contributed by atoms with Crippen molar-refractivity contribution >= 4 is 5.78 Å². The molecule has 4 fully saturated rings. The summed E-state index contributed by atoms with van der Waals surface area (Å²) in [5, 5.41) is 8.37. The van der Waals surface area contributed by atoms with Crippen LogP contribution in [0.4, 0.5) is 0 Å². The number of nitrogens with zero attached hydrogens (tertiary/aromatic N) is 2. The van der Waals surface area contributed by atoms with Crippen LogP contribution in [0, 0.1) is 23.7 Å². The summed E-state index contributed by atoms with van der Waals surface area (Å²) in [7, 11) is 0. The first-order valence-electron chi connectivity index (χ1n) is 5.27. The molecule has 0 aromatic carbocycles. The molecule has 1 aliphatic heterocycles. The summed E-state index contributed by atoms with van der Waals surface area (Å²) in [4.78, 5) is 11.9. The van der Waals surface area contributed by atoms with Gasteiger partial charge in [-0.25, -0.2) is 0 Å². The van der Waals surface area contributed by atoms with Gasteiger partial charge in [-0.3, -0.25) is 4.79 Å². The quantitative estimate of drug-likeness (QED) is 0.554. The van der Waals surface area contributed by atoms with E-state index in [1.54, 1.807) is 0 Å². The van der Waals surface area contributed by atoms with E-state index in [1.807, 2.05) is 0 Å². The monoisotopic (exact) mass is 176 g/mol. The molecule has 5 aliphatic rings. The maximum absolute atomic E-state index is 11.9. The molecule has 5 rings (SSSR count). The summed E-state index contributed by atoms with van der Waals surface area (Å²) in [5.41, 5.74) is -0.176. The predicted molar refractivity (Wildman–Crippen MR) is 45.0 cm³/mol. The predicted octanol–water partition coefficient (Wildman–Crippen LogP) is 1.78. The van der Waals surface area contributed by atoms with E-state index in [9.17, 15) is 4.79 Å².